The van der Waals surface area contributed by atoms with Crippen molar-refractivity contribution in [3.63, 3.8) is 0 Å². The maximum absolute atomic E-state index is 11.8. The van der Waals surface area contributed by atoms with Crippen LogP contribution in [0.25, 0.3) is 0 Å². The van der Waals surface area contributed by atoms with Crippen molar-refractivity contribution < 1.29 is 18.0 Å². The van der Waals surface area contributed by atoms with E-state index in [1.54, 1.807) is 6.07 Å². The van der Waals surface area contributed by atoms with Gasteiger partial charge in [0.25, 0.3) is 5.91 Å². The Labute approximate surface area is 117 Å². The normalized spacial score (nSPS) is 11.4. The quantitative estimate of drug-likeness (QED) is 0.656. The average molecular weight is 316 g/mol. The summed E-state index contributed by atoms with van der Waals surface area (Å²) in [6, 6.07) is 4.57. The number of thioether (sulfide) groups is 1. The van der Waals surface area contributed by atoms with E-state index in [1.165, 1.54) is 12.1 Å². The zero-order valence-corrected chi connectivity index (χ0v) is 11.4. The topological polar surface area (TPSA) is 29.1 Å². The van der Waals surface area contributed by atoms with Crippen LogP contribution in [0.15, 0.2) is 23.1 Å². The molecule has 0 aromatic heterocycles. The first kappa shape index (κ1) is 15.5. The number of halogens is 4. The number of hydrogen-bond acceptors (Lipinski definition) is 3. The van der Waals surface area contributed by atoms with Crippen LogP contribution in [-0.2, 0) is 0 Å². The number of alkyl halides is 3. The van der Waals surface area contributed by atoms with Crippen LogP contribution in [0.5, 0.6) is 0 Å². The van der Waals surface area contributed by atoms with Crippen LogP contribution in [0.1, 0.15) is 10.4 Å². The molecule has 0 aliphatic carbocycles. The summed E-state index contributed by atoms with van der Waals surface area (Å²) >= 11 is 9.66. The van der Waals surface area contributed by atoms with Crippen LogP contribution >= 0.6 is 36.0 Å². The molecule has 1 aromatic carbocycles. The van der Waals surface area contributed by atoms with Gasteiger partial charge in [0.15, 0.2) is 0 Å². The zero-order chi connectivity index (χ0) is 13.8. The van der Waals surface area contributed by atoms with Gasteiger partial charge < -0.3 is 5.32 Å². The molecule has 100 valence electrons. The third-order valence-corrected chi connectivity index (χ3v) is 3.19. The number of carbonyl (C=O) groups excluding carboxylic acids is 1. The molecular weight excluding hydrogens is 307 g/mol. The van der Waals surface area contributed by atoms with Crippen molar-refractivity contribution in [3.05, 3.63) is 28.8 Å². The van der Waals surface area contributed by atoms with E-state index in [0.717, 1.165) is 0 Å². The molecule has 1 aromatic rings. The largest absolute Gasteiger partial charge is 0.441 e. The van der Waals surface area contributed by atoms with Gasteiger partial charge in [-0.2, -0.15) is 13.2 Å². The molecule has 0 fully saturated rings. The van der Waals surface area contributed by atoms with E-state index >= 15 is 0 Å². The van der Waals surface area contributed by atoms with Crippen molar-refractivity contribution in [2.75, 3.05) is 12.3 Å². The lowest BCUT2D eigenvalue weighted by molar-refractivity contribution is -0.0327. The van der Waals surface area contributed by atoms with Crippen LogP contribution in [0.2, 0.25) is 5.02 Å². The summed E-state index contributed by atoms with van der Waals surface area (Å²) in [5.41, 5.74) is -4.09. The smallest absolute Gasteiger partial charge is 0.351 e. The third kappa shape index (κ3) is 5.41. The van der Waals surface area contributed by atoms with Gasteiger partial charge in [-0.3, -0.25) is 4.79 Å². The zero-order valence-electron chi connectivity index (χ0n) is 8.92. The summed E-state index contributed by atoms with van der Waals surface area (Å²) in [6.07, 6.45) is 0. The Hall–Kier alpha value is -0.530. The molecule has 0 unspecified atom stereocenters. The fourth-order valence-electron chi connectivity index (χ4n) is 1.11. The highest BCUT2D eigenvalue weighted by atomic mass is 35.5. The van der Waals surface area contributed by atoms with Crippen molar-refractivity contribution in [2.24, 2.45) is 0 Å². The van der Waals surface area contributed by atoms with Gasteiger partial charge in [0.05, 0.1) is 10.6 Å². The monoisotopic (exact) mass is 315 g/mol. The van der Waals surface area contributed by atoms with Gasteiger partial charge in [-0.1, -0.05) is 11.6 Å². The third-order valence-electron chi connectivity index (χ3n) is 1.85. The van der Waals surface area contributed by atoms with E-state index in [0.29, 0.717) is 4.90 Å². The van der Waals surface area contributed by atoms with Crippen LogP contribution in [0, 0.1) is 0 Å². The summed E-state index contributed by atoms with van der Waals surface area (Å²) in [5, 5.41) is 2.59. The molecular formula is C10H9ClF3NOS2. The molecule has 0 saturated heterocycles. The Bertz CT molecular complexity index is 440. The Kier molecular flexibility index (Phi) is 5.68. The van der Waals surface area contributed by atoms with Crippen molar-refractivity contribution in [3.8, 4) is 0 Å². The van der Waals surface area contributed by atoms with Crippen molar-refractivity contribution in [1.82, 2.24) is 5.32 Å². The molecule has 0 bridgehead atoms. The molecule has 2 nitrogen and oxygen atoms in total. The summed E-state index contributed by atoms with van der Waals surface area (Å²) < 4.78 is 35.5. The minimum absolute atomic E-state index is 0.0872. The van der Waals surface area contributed by atoms with Crippen LogP contribution in [0.4, 0.5) is 13.2 Å². The van der Waals surface area contributed by atoms with Crippen LogP contribution in [-0.4, -0.2) is 23.7 Å². The lowest BCUT2D eigenvalue weighted by Gasteiger charge is -2.08. The highest BCUT2D eigenvalue weighted by Crippen LogP contribution is 2.29. The standard InChI is InChI=1S/C10H9ClF3NOS2/c11-8-2-1-6(17)5-7(8)9(16)15-3-4-18-10(12,13)14/h1-2,5,17H,3-4H2,(H,15,16). The molecule has 8 heteroatoms. The van der Waals surface area contributed by atoms with Gasteiger partial charge in [-0.05, 0) is 30.0 Å². The van der Waals surface area contributed by atoms with Gasteiger partial charge >= 0.3 is 5.51 Å². The van der Waals surface area contributed by atoms with Crippen LogP contribution < -0.4 is 5.32 Å². The number of hydrogen-bond donors (Lipinski definition) is 2. The van der Waals surface area contributed by atoms with E-state index in [1.807, 2.05) is 0 Å². The van der Waals surface area contributed by atoms with Crippen molar-refractivity contribution in [1.29, 1.82) is 0 Å². The minimum Gasteiger partial charge on any atom is -0.351 e. The predicted octanol–water partition coefficient (Wildman–Crippen LogP) is 3.61. The van der Waals surface area contributed by atoms with Gasteiger partial charge in [0.1, 0.15) is 0 Å². The number of benzene rings is 1. The number of rotatable bonds is 4. The summed E-state index contributed by atoms with van der Waals surface area (Å²) in [7, 11) is 0. The summed E-state index contributed by atoms with van der Waals surface area (Å²) in [4.78, 5) is 12.2. The van der Waals surface area contributed by atoms with Gasteiger partial charge in [0.2, 0.25) is 0 Å². The van der Waals surface area contributed by atoms with Crippen molar-refractivity contribution >= 4 is 41.9 Å². The fourth-order valence-corrected chi connectivity index (χ4v) is 1.96. The molecule has 1 amide bonds. The molecule has 1 N–H and O–H groups in total. The van der Waals surface area contributed by atoms with E-state index in [-0.39, 0.29) is 34.6 Å². The molecule has 0 atom stereocenters. The maximum Gasteiger partial charge on any atom is 0.441 e. The number of amides is 1. The molecule has 0 saturated carbocycles. The van der Waals surface area contributed by atoms with E-state index in [9.17, 15) is 18.0 Å². The second-order valence-corrected chi connectivity index (χ2v) is 5.30. The Morgan fingerprint density at radius 1 is 1.44 bits per heavy atom. The lowest BCUT2D eigenvalue weighted by Crippen LogP contribution is -2.26. The van der Waals surface area contributed by atoms with Gasteiger partial charge in [-0.15, -0.1) is 12.6 Å². The van der Waals surface area contributed by atoms with Crippen LogP contribution in [0.3, 0.4) is 0 Å². The highest BCUT2D eigenvalue weighted by molar-refractivity contribution is 8.00. The molecule has 0 aliphatic rings. The van der Waals surface area contributed by atoms with E-state index in [2.05, 4.69) is 17.9 Å². The molecule has 1 rings (SSSR count). The summed E-state index contributed by atoms with van der Waals surface area (Å²) in [5.74, 6) is -0.758. The van der Waals surface area contributed by atoms with Gasteiger partial charge in [-0.25, -0.2) is 0 Å². The molecule has 0 heterocycles. The lowest BCUT2D eigenvalue weighted by atomic mass is 10.2. The van der Waals surface area contributed by atoms with Crippen molar-refractivity contribution in [2.45, 2.75) is 10.4 Å². The number of nitrogens with one attached hydrogen (secondary N) is 1. The number of carbonyl (C=O) groups is 1. The average Bonchev–Trinajstić information content (AvgIpc) is 2.26. The molecule has 18 heavy (non-hydrogen) atoms. The minimum atomic E-state index is -4.28. The first-order valence-corrected chi connectivity index (χ1v) is 6.58. The first-order valence-electron chi connectivity index (χ1n) is 4.77. The van der Waals surface area contributed by atoms with Gasteiger partial charge in [0, 0.05) is 17.2 Å². The highest BCUT2D eigenvalue weighted by Gasteiger charge is 2.27. The Balaban J connectivity index is 2.48. The summed E-state index contributed by atoms with van der Waals surface area (Å²) in [6.45, 7) is -0.0872. The fraction of sp³-hybridized carbons (Fsp3) is 0.300. The van der Waals surface area contributed by atoms with E-state index in [4.69, 9.17) is 11.6 Å². The first-order chi connectivity index (χ1) is 8.29. The molecule has 0 spiro atoms. The predicted molar refractivity (Wildman–Crippen MR) is 69.6 cm³/mol. The molecule has 0 aliphatic heterocycles. The molecule has 0 radical (unpaired) electrons. The number of thiol groups is 1. The maximum atomic E-state index is 11.8. The second-order valence-electron chi connectivity index (χ2n) is 3.21. The second kappa shape index (κ2) is 6.58. The Morgan fingerprint density at radius 2 is 2.11 bits per heavy atom. The van der Waals surface area contributed by atoms with E-state index < -0.39 is 11.4 Å². The Morgan fingerprint density at radius 3 is 2.72 bits per heavy atom. The SMILES string of the molecule is O=C(NCCSC(F)(F)F)c1cc(S)ccc1Cl.